The van der Waals surface area contributed by atoms with E-state index in [9.17, 15) is 4.79 Å². The fourth-order valence-corrected chi connectivity index (χ4v) is 3.02. The number of carbonyl (C=O) groups excluding carboxylic acids is 1. The number of carbonyl (C=O) groups is 1. The Labute approximate surface area is 194 Å². The van der Waals surface area contributed by atoms with E-state index in [4.69, 9.17) is 15.2 Å². The van der Waals surface area contributed by atoms with Crippen LogP contribution in [-0.2, 0) is 11.3 Å². The Balaban J connectivity index is 2.10. The standard InChI is InChI=1S/C28H41NO3/c1-3-4-5-6-7-8-9-10-11-12-13-14-15-16-17-18-19-20-28(30)32-26-22-21-25(24-29)23-27(26)31-2/h7-8,10-11,13-14,16-17,21-23H,3-6,9,12,15,18-20,24,29H2,1-2H3. The molecule has 0 aliphatic heterocycles. The third-order valence-electron chi connectivity index (χ3n) is 4.90. The molecule has 4 nitrogen and oxygen atoms in total. The number of unbranched alkanes of at least 4 members (excludes halogenated alkanes) is 4. The van der Waals surface area contributed by atoms with E-state index in [1.165, 1.54) is 25.7 Å². The molecule has 176 valence electrons. The minimum absolute atomic E-state index is 0.250. The monoisotopic (exact) mass is 439 g/mol. The Morgan fingerprint density at radius 1 is 0.844 bits per heavy atom. The molecule has 32 heavy (non-hydrogen) atoms. The Kier molecular flexibility index (Phi) is 16.4. The highest BCUT2D eigenvalue weighted by atomic mass is 16.6. The summed E-state index contributed by atoms with van der Waals surface area (Å²) in [6.07, 6.45) is 27.6. The maximum Gasteiger partial charge on any atom is 0.311 e. The molecule has 1 aromatic rings. The van der Waals surface area contributed by atoms with Crippen molar-refractivity contribution >= 4 is 5.97 Å². The third kappa shape index (κ3) is 13.7. The quantitative estimate of drug-likeness (QED) is 0.121. The normalized spacial score (nSPS) is 12.0. The lowest BCUT2D eigenvalue weighted by Crippen LogP contribution is -2.08. The number of ether oxygens (including phenoxy) is 2. The Hall–Kier alpha value is -2.59. The number of nitrogens with two attached hydrogens (primary N) is 1. The van der Waals surface area contributed by atoms with E-state index in [1.807, 2.05) is 6.07 Å². The van der Waals surface area contributed by atoms with Crippen molar-refractivity contribution in [1.82, 2.24) is 0 Å². The average Bonchev–Trinajstić information content (AvgIpc) is 2.81. The highest BCUT2D eigenvalue weighted by Crippen LogP contribution is 2.28. The van der Waals surface area contributed by atoms with Gasteiger partial charge in [-0.1, -0.05) is 74.4 Å². The minimum atomic E-state index is -0.250. The van der Waals surface area contributed by atoms with Crippen molar-refractivity contribution in [1.29, 1.82) is 0 Å². The number of hydrogen-bond acceptors (Lipinski definition) is 4. The van der Waals surface area contributed by atoms with Crippen molar-refractivity contribution in [2.24, 2.45) is 5.73 Å². The first-order valence-corrected chi connectivity index (χ1v) is 11.9. The smallest absolute Gasteiger partial charge is 0.311 e. The summed E-state index contributed by atoms with van der Waals surface area (Å²) < 4.78 is 10.7. The zero-order chi connectivity index (χ0) is 23.3. The largest absolute Gasteiger partial charge is 0.493 e. The molecule has 0 aromatic heterocycles. The van der Waals surface area contributed by atoms with Gasteiger partial charge in [-0.3, -0.25) is 4.79 Å². The number of hydrogen-bond donors (Lipinski definition) is 1. The summed E-state index contributed by atoms with van der Waals surface area (Å²) in [6.45, 7) is 2.65. The van der Waals surface area contributed by atoms with Crippen LogP contribution in [0.5, 0.6) is 11.5 Å². The predicted molar refractivity (Wildman–Crippen MR) is 135 cm³/mol. The van der Waals surface area contributed by atoms with Crippen molar-refractivity contribution in [2.75, 3.05) is 7.11 Å². The van der Waals surface area contributed by atoms with Gasteiger partial charge in [-0.2, -0.15) is 0 Å². The zero-order valence-corrected chi connectivity index (χ0v) is 19.9. The first-order valence-electron chi connectivity index (χ1n) is 11.9. The molecule has 0 saturated heterocycles. The van der Waals surface area contributed by atoms with Crippen molar-refractivity contribution in [3.8, 4) is 11.5 Å². The number of esters is 1. The lowest BCUT2D eigenvalue weighted by atomic mass is 10.2. The first-order chi connectivity index (χ1) is 15.7. The molecular weight excluding hydrogens is 398 g/mol. The fraction of sp³-hybridized carbons (Fsp3) is 0.464. The lowest BCUT2D eigenvalue weighted by Gasteiger charge is -2.10. The first kappa shape index (κ1) is 27.4. The molecule has 0 atom stereocenters. The van der Waals surface area contributed by atoms with E-state index in [0.717, 1.165) is 37.7 Å². The van der Waals surface area contributed by atoms with Gasteiger partial charge < -0.3 is 15.2 Å². The number of benzene rings is 1. The summed E-state index contributed by atoms with van der Waals surface area (Å²) in [7, 11) is 1.55. The Bertz CT molecular complexity index is 747. The zero-order valence-electron chi connectivity index (χ0n) is 19.9. The maximum absolute atomic E-state index is 12.0. The van der Waals surface area contributed by atoms with E-state index in [-0.39, 0.29) is 5.97 Å². The molecule has 0 aliphatic rings. The van der Waals surface area contributed by atoms with Gasteiger partial charge in [0.05, 0.1) is 7.11 Å². The second kappa shape index (κ2) is 19.1. The number of rotatable bonds is 17. The summed E-state index contributed by atoms with van der Waals surface area (Å²) in [5.41, 5.74) is 6.56. The van der Waals surface area contributed by atoms with Crippen molar-refractivity contribution in [3.05, 3.63) is 72.4 Å². The average molecular weight is 440 g/mol. The van der Waals surface area contributed by atoms with Crippen LogP contribution in [0.25, 0.3) is 0 Å². The van der Waals surface area contributed by atoms with Crippen molar-refractivity contribution in [2.45, 2.75) is 77.7 Å². The summed E-state index contributed by atoms with van der Waals surface area (Å²) in [5, 5.41) is 0. The van der Waals surface area contributed by atoms with E-state index < -0.39 is 0 Å². The molecule has 0 saturated carbocycles. The minimum Gasteiger partial charge on any atom is -0.493 e. The molecule has 0 aliphatic carbocycles. The molecule has 1 rings (SSSR count). The van der Waals surface area contributed by atoms with Crippen LogP contribution >= 0.6 is 0 Å². The third-order valence-corrected chi connectivity index (χ3v) is 4.90. The van der Waals surface area contributed by atoms with Crippen LogP contribution in [0.1, 0.15) is 76.7 Å². The number of methoxy groups -OCH3 is 1. The molecule has 4 heteroatoms. The molecule has 0 amide bonds. The second-order valence-electron chi connectivity index (χ2n) is 7.64. The van der Waals surface area contributed by atoms with Gasteiger partial charge in [0.25, 0.3) is 0 Å². The topological polar surface area (TPSA) is 61.5 Å². The molecule has 0 spiro atoms. The van der Waals surface area contributed by atoms with Gasteiger partial charge >= 0.3 is 5.97 Å². The van der Waals surface area contributed by atoms with Gasteiger partial charge in [0.15, 0.2) is 11.5 Å². The molecule has 0 unspecified atom stereocenters. The summed E-state index contributed by atoms with van der Waals surface area (Å²) in [5.74, 6) is 0.716. The van der Waals surface area contributed by atoms with Gasteiger partial charge in [0.2, 0.25) is 0 Å². The van der Waals surface area contributed by atoms with E-state index in [1.54, 1.807) is 19.2 Å². The fourth-order valence-electron chi connectivity index (χ4n) is 3.02. The van der Waals surface area contributed by atoms with Crippen LogP contribution in [0.2, 0.25) is 0 Å². The molecule has 0 bridgehead atoms. The maximum atomic E-state index is 12.0. The van der Waals surface area contributed by atoms with E-state index in [2.05, 4.69) is 55.5 Å². The summed E-state index contributed by atoms with van der Waals surface area (Å²) in [6, 6.07) is 5.36. The predicted octanol–water partition coefficient (Wildman–Crippen LogP) is 7.21. The van der Waals surface area contributed by atoms with Gasteiger partial charge in [0, 0.05) is 13.0 Å². The van der Waals surface area contributed by atoms with E-state index >= 15 is 0 Å². The highest BCUT2D eigenvalue weighted by Gasteiger charge is 2.10. The number of allylic oxidation sites excluding steroid dienone is 8. The van der Waals surface area contributed by atoms with Crippen LogP contribution in [0, 0.1) is 0 Å². The van der Waals surface area contributed by atoms with Crippen LogP contribution < -0.4 is 15.2 Å². The highest BCUT2D eigenvalue weighted by molar-refractivity contribution is 5.73. The van der Waals surface area contributed by atoms with Gasteiger partial charge in [-0.15, -0.1) is 0 Å². The summed E-state index contributed by atoms with van der Waals surface area (Å²) >= 11 is 0. The van der Waals surface area contributed by atoms with Gasteiger partial charge in [-0.25, -0.2) is 0 Å². The molecular formula is C28H41NO3. The molecule has 0 fully saturated rings. The van der Waals surface area contributed by atoms with Crippen LogP contribution in [-0.4, -0.2) is 13.1 Å². The van der Waals surface area contributed by atoms with Gasteiger partial charge in [-0.05, 0) is 62.6 Å². The van der Waals surface area contributed by atoms with Gasteiger partial charge in [0.1, 0.15) is 0 Å². The Morgan fingerprint density at radius 2 is 1.44 bits per heavy atom. The molecule has 2 N–H and O–H groups in total. The Morgan fingerprint density at radius 3 is 2.00 bits per heavy atom. The van der Waals surface area contributed by atoms with E-state index in [0.29, 0.717) is 24.5 Å². The van der Waals surface area contributed by atoms with Crippen molar-refractivity contribution in [3.63, 3.8) is 0 Å². The lowest BCUT2D eigenvalue weighted by molar-refractivity contribution is -0.134. The van der Waals surface area contributed by atoms with Crippen LogP contribution in [0.15, 0.2) is 66.8 Å². The SMILES string of the molecule is CCCCCC=CCC=CCC=CCC=CCCCC(=O)Oc1ccc(CN)cc1OC. The van der Waals surface area contributed by atoms with Crippen LogP contribution in [0.3, 0.4) is 0 Å². The van der Waals surface area contributed by atoms with Crippen LogP contribution in [0.4, 0.5) is 0 Å². The second-order valence-corrected chi connectivity index (χ2v) is 7.64. The molecule has 0 heterocycles. The van der Waals surface area contributed by atoms with Crippen molar-refractivity contribution < 1.29 is 14.3 Å². The molecule has 0 radical (unpaired) electrons. The summed E-state index contributed by atoms with van der Waals surface area (Å²) in [4.78, 5) is 12.0. The molecule has 1 aromatic carbocycles.